The maximum atomic E-state index is 14.5. The molecule has 25 nitrogen and oxygen atoms in total. The number of nitriles is 1. The van der Waals surface area contributed by atoms with Crippen LogP contribution >= 0.6 is 9.24 Å². The lowest BCUT2D eigenvalue weighted by Crippen LogP contribution is -2.48. The smallest absolute Gasteiger partial charge is 0.488 e. The molecule has 5 unspecified atom stereocenters. The lowest BCUT2D eigenvalue weighted by molar-refractivity contribution is -0.139. The van der Waals surface area contributed by atoms with Gasteiger partial charge in [-0.05, 0) is 131 Å². The molecule has 0 bridgehead atoms. The van der Waals surface area contributed by atoms with Crippen molar-refractivity contribution >= 4 is 78.1 Å². The number of allylic oxidation sites excluding steroid dienone is 1. The molecule has 5 atom stereocenters. The number of hydrogen-bond donors (Lipinski definition) is 8. The number of halogens is 2. The van der Waals surface area contributed by atoms with Crippen molar-refractivity contribution in [1.29, 1.82) is 5.26 Å². The molecule has 0 spiro atoms. The van der Waals surface area contributed by atoms with Crippen molar-refractivity contribution in [3.8, 4) is 17.6 Å². The highest BCUT2D eigenvalue weighted by Crippen LogP contribution is 2.36. The zero-order valence-corrected chi connectivity index (χ0v) is 57.4. The fraction of sp³-hybridized carbons (Fsp3) is 0.600. The Labute approximate surface area is 554 Å². The number of carbonyl (C=O) groups is 8. The van der Waals surface area contributed by atoms with Crippen molar-refractivity contribution in [2.75, 3.05) is 78.6 Å². The predicted molar refractivity (Wildman–Crippen MR) is 356 cm³/mol. The van der Waals surface area contributed by atoms with Crippen LogP contribution in [0.25, 0.3) is 10.9 Å². The molecular formula is C65H99F2N10O15PS. The SMILES string of the molecule is CCC(=O)O.CCC(C)CC(=O)O.CCCCCN(CCC)CC(NCCNC(=O)CCC(NC(=O)Cc1cccc(OS(=O)(=O)F)c1)C(=O)NCCOc1ccc2nccc(C(=O)NCC(=O)N3CC(F)(P)CC3C#N)c2c1)=C1CCC1.CCCN(CCC)CC(=O)O. The van der Waals surface area contributed by atoms with E-state index in [2.05, 4.69) is 68.3 Å². The standard InChI is InChI=1S/C48H64F2N9O9PS.C8H17NO2.C6H12O2.C3H6O2/c1-3-5-6-23-58(22-4-2)31-42(34-10-8-11-34)53-19-20-54-43(60)16-15-41(57-44(61)26-33-9-7-12-37(25-33)68-70(50,65)66)47(64)55-21-24-67-36-13-14-40-39(27-36)38(17-18-52-40)46(63)56-30-45(62)59-32-48(49,69)28-35(59)29-51;1-3-5-9(6-4-2)7-8(10)11;1-3-5(2)4-6(7)8;1-2-3(4)5/h7,9,12-14,17-18,25,27,35,41,53H,3-6,8,10-11,15-16,19-24,26,28,30-32,69H2,1-2H3,(H,54,60)(H,55,64)(H,56,63)(H,57,61);3-7H2,1-2H3,(H,10,11);5H,3-4H2,1-2H3,(H,7,8);2H2,1H3,(H,4,5). The van der Waals surface area contributed by atoms with Crippen LogP contribution in [0, 0.1) is 17.2 Å². The van der Waals surface area contributed by atoms with E-state index in [0.717, 1.165) is 95.4 Å². The number of fused-ring (bicyclic) bond motifs is 1. The normalized spacial score (nSPS) is 15.4. The van der Waals surface area contributed by atoms with Gasteiger partial charge in [0, 0.05) is 62.6 Å². The largest absolute Gasteiger partial charge is 0.492 e. The first kappa shape index (κ1) is 82.5. The van der Waals surface area contributed by atoms with Gasteiger partial charge in [0.2, 0.25) is 23.6 Å². The van der Waals surface area contributed by atoms with E-state index in [1.54, 1.807) is 25.1 Å². The number of amides is 5. The molecule has 1 saturated heterocycles. The summed E-state index contributed by atoms with van der Waals surface area (Å²) < 4.78 is 59.9. The van der Waals surface area contributed by atoms with E-state index in [0.29, 0.717) is 42.1 Å². The summed E-state index contributed by atoms with van der Waals surface area (Å²) in [5, 5.41) is 46.8. The molecule has 1 saturated carbocycles. The zero-order chi connectivity index (χ0) is 70.2. The second kappa shape index (κ2) is 44.9. The van der Waals surface area contributed by atoms with Gasteiger partial charge in [-0.3, -0.25) is 53.1 Å². The molecule has 1 aliphatic carbocycles. The Morgan fingerprint density at radius 1 is 0.809 bits per heavy atom. The quantitative estimate of drug-likeness (QED) is 0.0157. The minimum absolute atomic E-state index is 0.0383. The third kappa shape index (κ3) is 34.5. The van der Waals surface area contributed by atoms with Crippen LogP contribution in [-0.4, -0.2) is 187 Å². The Morgan fingerprint density at radius 2 is 1.47 bits per heavy atom. The third-order valence-corrected chi connectivity index (χ3v) is 15.5. The number of benzene rings is 2. The van der Waals surface area contributed by atoms with Gasteiger partial charge < -0.3 is 55.7 Å². The van der Waals surface area contributed by atoms with E-state index < -0.39 is 76.1 Å². The molecule has 5 amide bonds. The second-order valence-electron chi connectivity index (χ2n) is 22.9. The summed E-state index contributed by atoms with van der Waals surface area (Å²) >= 11 is 0. The van der Waals surface area contributed by atoms with Crippen molar-refractivity contribution in [1.82, 2.24) is 46.3 Å². The summed E-state index contributed by atoms with van der Waals surface area (Å²) in [6.45, 7) is 18.9. The highest BCUT2D eigenvalue weighted by molar-refractivity contribution is 7.81. The number of hydrogen-bond acceptors (Lipinski definition) is 17. The van der Waals surface area contributed by atoms with Gasteiger partial charge in [0.1, 0.15) is 35.6 Å². The van der Waals surface area contributed by atoms with E-state index in [-0.39, 0.29) is 81.1 Å². The molecule has 524 valence electrons. The average molecular weight is 1360 g/mol. The van der Waals surface area contributed by atoms with Gasteiger partial charge >= 0.3 is 28.4 Å². The number of nitrogens with zero attached hydrogens (tertiary/aromatic N) is 5. The predicted octanol–water partition coefficient (Wildman–Crippen LogP) is 7.45. The van der Waals surface area contributed by atoms with Crippen LogP contribution in [0.1, 0.15) is 161 Å². The number of carboxylic acid groups (broad SMARTS) is 3. The summed E-state index contributed by atoms with van der Waals surface area (Å²) in [4.78, 5) is 106. The number of alkyl halides is 1. The van der Waals surface area contributed by atoms with Gasteiger partial charge in [0.25, 0.3) is 5.91 Å². The van der Waals surface area contributed by atoms with Crippen molar-refractivity contribution in [2.24, 2.45) is 5.92 Å². The molecule has 2 aliphatic rings. The number of carbonyl (C=O) groups excluding carboxylic acids is 5. The first-order valence-corrected chi connectivity index (χ1v) is 34.1. The molecule has 5 rings (SSSR count). The summed E-state index contributed by atoms with van der Waals surface area (Å²) in [7, 11) is -3.29. The van der Waals surface area contributed by atoms with Gasteiger partial charge in [-0.15, -0.1) is 0 Å². The van der Waals surface area contributed by atoms with Crippen molar-refractivity contribution in [3.63, 3.8) is 0 Å². The Kier molecular flexibility index (Phi) is 39.4. The van der Waals surface area contributed by atoms with Crippen LogP contribution in [-0.2, 0) is 50.5 Å². The summed E-state index contributed by atoms with van der Waals surface area (Å²) in [6.07, 6.45) is 12.1. The van der Waals surface area contributed by atoms with Gasteiger partial charge in [-0.25, -0.2) is 4.39 Å². The maximum absolute atomic E-state index is 14.5. The first-order valence-electron chi connectivity index (χ1n) is 32.2. The average Bonchev–Trinajstić information content (AvgIpc) is 1.27. The Hall–Kier alpha value is -7.60. The van der Waals surface area contributed by atoms with Crippen LogP contribution in [0.15, 0.2) is 66.0 Å². The van der Waals surface area contributed by atoms with Crippen molar-refractivity contribution in [3.05, 3.63) is 77.1 Å². The minimum atomic E-state index is -5.31. The van der Waals surface area contributed by atoms with Crippen LogP contribution in [0.4, 0.5) is 8.28 Å². The highest BCUT2D eigenvalue weighted by Gasteiger charge is 2.43. The molecule has 94 heavy (non-hydrogen) atoms. The Balaban J connectivity index is 0.00000105. The summed E-state index contributed by atoms with van der Waals surface area (Å²) in [5.74, 6) is -4.66. The second-order valence-corrected chi connectivity index (χ2v) is 24.9. The molecule has 29 heteroatoms. The third-order valence-electron chi connectivity index (χ3n) is 14.7. The van der Waals surface area contributed by atoms with Gasteiger partial charge in [0.15, 0.2) is 0 Å². The van der Waals surface area contributed by atoms with Gasteiger partial charge in [0.05, 0.1) is 49.7 Å². The van der Waals surface area contributed by atoms with E-state index in [1.807, 2.05) is 34.1 Å². The minimum Gasteiger partial charge on any atom is -0.492 e. The number of aliphatic carboxylic acids is 3. The number of unbranched alkanes of at least 4 members (excludes halogenated alkanes) is 2. The van der Waals surface area contributed by atoms with Gasteiger partial charge in [-0.2, -0.15) is 13.7 Å². The van der Waals surface area contributed by atoms with Crippen molar-refractivity contribution < 1.29 is 79.3 Å². The lowest BCUT2D eigenvalue weighted by Gasteiger charge is -2.29. The number of carboxylic acids is 3. The molecule has 2 aromatic carbocycles. The fourth-order valence-electron chi connectivity index (χ4n) is 9.68. The number of pyridine rings is 1. The van der Waals surface area contributed by atoms with Gasteiger partial charge in [-0.1, -0.05) is 93.0 Å². The van der Waals surface area contributed by atoms with Crippen molar-refractivity contribution in [2.45, 2.75) is 169 Å². The molecule has 0 radical (unpaired) electrons. The summed E-state index contributed by atoms with van der Waals surface area (Å²) in [5.41, 5.74) is 3.53. The van der Waals surface area contributed by atoms with Crippen LogP contribution in [0.3, 0.4) is 0 Å². The number of aromatic nitrogens is 1. The zero-order valence-electron chi connectivity index (χ0n) is 55.4. The molecule has 2 heterocycles. The first-order chi connectivity index (χ1) is 44.6. The number of ether oxygens (including phenoxy) is 1. The number of likely N-dealkylation sites (tertiary alicyclic amines) is 1. The Bertz CT molecular complexity index is 3090. The molecule has 3 aromatic rings. The van der Waals surface area contributed by atoms with E-state index in [9.17, 15) is 60.3 Å². The molecule has 8 N–H and O–H groups in total. The molecule has 2 fully saturated rings. The summed E-state index contributed by atoms with van der Waals surface area (Å²) in [6, 6.07) is 11.3. The van der Waals surface area contributed by atoms with E-state index in [4.69, 9.17) is 20.1 Å². The van der Waals surface area contributed by atoms with E-state index >= 15 is 0 Å². The highest BCUT2D eigenvalue weighted by atomic mass is 32.3. The molecule has 1 aromatic heterocycles. The monoisotopic (exact) mass is 1360 g/mol. The lowest BCUT2D eigenvalue weighted by atomic mass is 9.90. The van der Waals surface area contributed by atoms with E-state index in [1.165, 1.54) is 54.2 Å². The number of rotatable bonds is 38. The topological polar surface area (TPSA) is 356 Å². The van der Waals surface area contributed by atoms with Crippen LogP contribution < -0.4 is 35.5 Å². The molecular weight excluding hydrogens is 1260 g/mol. The Morgan fingerprint density at radius 3 is 2.03 bits per heavy atom. The maximum Gasteiger partial charge on any atom is 0.488 e. The fourth-order valence-corrected chi connectivity index (χ4v) is 10.4. The number of nitrogens with one attached hydrogen (secondary N) is 5. The van der Waals surface area contributed by atoms with Crippen LogP contribution in [0.2, 0.25) is 0 Å². The molecule has 1 aliphatic heterocycles. The van der Waals surface area contributed by atoms with Crippen LogP contribution in [0.5, 0.6) is 11.5 Å².